The summed E-state index contributed by atoms with van der Waals surface area (Å²) in [6.45, 7) is 9.63. The Morgan fingerprint density at radius 1 is 1.21 bits per heavy atom. The molecule has 110 valence electrons. The van der Waals surface area contributed by atoms with E-state index in [0.29, 0.717) is 12.1 Å². The lowest BCUT2D eigenvalue weighted by atomic mass is 9.85. The second kappa shape index (κ2) is 5.70. The number of carbonyl (C=O) groups excluding carboxylic acids is 1. The Bertz CT molecular complexity index is 319. The molecule has 0 spiro atoms. The highest BCUT2D eigenvalue weighted by atomic mass is 16.6. The number of nitrogens with zero attached hydrogens (tertiary/aromatic N) is 1. The van der Waals surface area contributed by atoms with Gasteiger partial charge in [-0.3, -0.25) is 0 Å². The predicted molar refractivity (Wildman–Crippen MR) is 76.2 cm³/mol. The summed E-state index contributed by atoms with van der Waals surface area (Å²) >= 11 is 0. The molecule has 1 saturated heterocycles. The standard InChI is InChI=1S/C15H28N2O2/c1-11-7-5-6-8-13(11)16-12-9-17(10-12)14(18)19-15(2,3)4/h11-13,16H,5-10H2,1-4H3. The molecule has 0 aromatic rings. The van der Waals surface area contributed by atoms with Crippen LogP contribution in [0.2, 0.25) is 0 Å². The quantitative estimate of drug-likeness (QED) is 0.837. The van der Waals surface area contributed by atoms with Crippen LogP contribution >= 0.6 is 0 Å². The fraction of sp³-hybridized carbons (Fsp3) is 0.933. The fourth-order valence-electron chi connectivity index (χ4n) is 2.93. The lowest BCUT2D eigenvalue weighted by Gasteiger charge is -2.43. The Balaban J connectivity index is 1.70. The van der Waals surface area contributed by atoms with Crippen molar-refractivity contribution in [3.63, 3.8) is 0 Å². The number of rotatable bonds is 2. The van der Waals surface area contributed by atoms with Crippen molar-refractivity contribution in [3.8, 4) is 0 Å². The molecule has 0 bridgehead atoms. The predicted octanol–water partition coefficient (Wildman–Crippen LogP) is 2.77. The van der Waals surface area contributed by atoms with Crippen LogP contribution in [-0.4, -0.2) is 41.8 Å². The van der Waals surface area contributed by atoms with Gasteiger partial charge in [-0.1, -0.05) is 19.8 Å². The van der Waals surface area contributed by atoms with E-state index < -0.39 is 5.60 Å². The highest BCUT2D eigenvalue weighted by Crippen LogP contribution is 2.25. The summed E-state index contributed by atoms with van der Waals surface area (Å²) < 4.78 is 5.36. The Kier molecular flexibility index (Phi) is 4.39. The van der Waals surface area contributed by atoms with Gasteiger partial charge in [0.1, 0.15) is 5.60 Å². The minimum Gasteiger partial charge on any atom is -0.444 e. The van der Waals surface area contributed by atoms with E-state index in [1.807, 2.05) is 20.8 Å². The molecule has 4 nitrogen and oxygen atoms in total. The summed E-state index contributed by atoms with van der Waals surface area (Å²) in [6.07, 6.45) is 5.14. The molecule has 0 aromatic heterocycles. The van der Waals surface area contributed by atoms with Crippen molar-refractivity contribution in [3.05, 3.63) is 0 Å². The number of amides is 1. The number of likely N-dealkylation sites (tertiary alicyclic amines) is 1. The van der Waals surface area contributed by atoms with Gasteiger partial charge in [-0.05, 0) is 39.5 Å². The number of nitrogens with one attached hydrogen (secondary N) is 1. The first-order valence-corrected chi connectivity index (χ1v) is 7.59. The molecule has 2 atom stereocenters. The Morgan fingerprint density at radius 2 is 1.84 bits per heavy atom. The van der Waals surface area contributed by atoms with Crippen LogP contribution in [0.25, 0.3) is 0 Å². The molecule has 2 unspecified atom stereocenters. The second-order valence-electron chi connectivity index (χ2n) is 7.12. The topological polar surface area (TPSA) is 41.6 Å². The molecule has 1 N–H and O–H groups in total. The van der Waals surface area contributed by atoms with Crippen LogP contribution in [0, 0.1) is 5.92 Å². The smallest absolute Gasteiger partial charge is 0.410 e. The Morgan fingerprint density at radius 3 is 2.42 bits per heavy atom. The second-order valence-corrected chi connectivity index (χ2v) is 7.12. The zero-order chi connectivity index (χ0) is 14.0. The number of ether oxygens (including phenoxy) is 1. The summed E-state index contributed by atoms with van der Waals surface area (Å²) in [6, 6.07) is 1.10. The molecule has 1 aliphatic carbocycles. The third kappa shape index (κ3) is 4.10. The first kappa shape index (κ1) is 14.6. The van der Waals surface area contributed by atoms with Crippen molar-refractivity contribution >= 4 is 6.09 Å². The van der Waals surface area contributed by atoms with Crippen molar-refractivity contribution in [2.45, 2.75) is 71.1 Å². The van der Waals surface area contributed by atoms with Gasteiger partial charge in [0.05, 0.1) is 0 Å². The van der Waals surface area contributed by atoms with Crippen LogP contribution < -0.4 is 5.32 Å². The zero-order valence-corrected chi connectivity index (χ0v) is 12.7. The van der Waals surface area contributed by atoms with E-state index in [2.05, 4.69) is 12.2 Å². The Labute approximate surface area is 116 Å². The molecule has 2 fully saturated rings. The van der Waals surface area contributed by atoms with Crippen molar-refractivity contribution in [1.82, 2.24) is 10.2 Å². The van der Waals surface area contributed by atoms with Crippen LogP contribution in [-0.2, 0) is 4.74 Å². The van der Waals surface area contributed by atoms with E-state index in [-0.39, 0.29) is 6.09 Å². The molecule has 2 rings (SSSR count). The van der Waals surface area contributed by atoms with Crippen molar-refractivity contribution in [2.75, 3.05) is 13.1 Å². The third-order valence-corrected chi connectivity index (χ3v) is 4.09. The highest BCUT2D eigenvalue weighted by molar-refractivity contribution is 5.69. The molecule has 1 saturated carbocycles. The maximum absolute atomic E-state index is 11.8. The minimum absolute atomic E-state index is 0.178. The molecule has 2 aliphatic rings. The van der Waals surface area contributed by atoms with Gasteiger partial charge in [0.25, 0.3) is 0 Å². The monoisotopic (exact) mass is 268 g/mol. The average molecular weight is 268 g/mol. The normalized spacial score (nSPS) is 28.9. The molecule has 1 aliphatic heterocycles. The van der Waals surface area contributed by atoms with Gasteiger partial charge < -0.3 is 15.0 Å². The number of hydrogen-bond acceptors (Lipinski definition) is 3. The van der Waals surface area contributed by atoms with E-state index >= 15 is 0 Å². The first-order valence-electron chi connectivity index (χ1n) is 7.59. The van der Waals surface area contributed by atoms with Gasteiger partial charge in [0, 0.05) is 25.2 Å². The molecule has 4 heteroatoms. The minimum atomic E-state index is -0.395. The van der Waals surface area contributed by atoms with Crippen molar-refractivity contribution in [1.29, 1.82) is 0 Å². The third-order valence-electron chi connectivity index (χ3n) is 4.09. The van der Waals surface area contributed by atoms with Gasteiger partial charge in [0.2, 0.25) is 0 Å². The van der Waals surface area contributed by atoms with Crippen LogP contribution in [0.5, 0.6) is 0 Å². The molecule has 19 heavy (non-hydrogen) atoms. The van der Waals surface area contributed by atoms with Crippen molar-refractivity contribution < 1.29 is 9.53 Å². The summed E-state index contributed by atoms with van der Waals surface area (Å²) in [5.41, 5.74) is -0.395. The van der Waals surface area contributed by atoms with E-state index in [1.54, 1.807) is 4.90 Å². The number of hydrogen-bond donors (Lipinski definition) is 1. The van der Waals surface area contributed by atoms with E-state index in [4.69, 9.17) is 4.74 Å². The maximum atomic E-state index is 11.8. The molecular weight excluding hydrogens is 240 g/mol. The average Bonchev–Trinajstić information content (AvgIpc) is 2.22. The maximum Gasteiger partial charge on any atom is 0.410 e. The lowest BCUT2D eigenvalue weighted by molar-refractivity contribution is 0.00280. The molecule has 1 amide bonds. The van der Waals surface area contributed by atoms with E-state index in [9.17, 15) is 4.79 Å². The van der Waals surface area contributed by atoms with Gasteiger partial charge in [-0.15, -0.1) is 0 Å². The molecular formula is C15H28N2O2. The fourth-order valence-corrected chi connectivity index (χ4v) is 2.93. The summed E-state index contributed by atoms with van der Waals surface area (Å²) in [5, 5.41) is 3.70. The lowest BCUT2D eigenvalue weighted by Crippen LogP contribution is -2.63. The van der Waals surface area contributed by atoms with Gasteiger partial charge in [-0.2, -0.15) is 0 Å². The summed E-state index contributed by atoms with van der Waals surface area (Å²) in [4.78, 5) is 13.6. The highest BCUT2D eigenvalue weighted by Gasteiger charge is 2.35. The first-order chi connectivity index (χ1) is 8.85. The molecule has 1 heterocycles. The van der Waals surface area contributed by atoms with Gasteiger partial charge in [0.15, 0.2) is 0 Å². The van der Waals surface area contributed by atoms with Crippen LogP contribution in [0.15, 0.2) is 0 Å². The Hall–Kier alpha value is -0.770. The van der Waals surface area contributed by atoms with E-state index in [1.165, 1.54) is 25.7 Å². The molecule has 0 aromatic carbocycles. The largest absolute Gasteiger partial charge is 0.444 e. The van der Waals surface area contributed by atoms with Gasteiger partial charge >= 0.3 is 6.09 Å². The van der Waals surface area contributed by atoms with Crippen molar-refractivity contribution in [2.24, 2.45) is 5.92 Å². The zero-order valence-electron chi connectivity index (χ0n) is 12.7. The number of carbonyl (C=O) groups is 1. The summed E-state index contributed by atoms with van der Waals surface area (Å²) in [5.74, 6) is 0.768. The SMILES string of the molecule is CC1CCCCC1NC1CN(C(=O)OC(C)(C)C)C1. The van der Waals surface area contributed by atoms with Gasteiger partial charge in [-0.25, -0.2) is 4.79 Å². The molecule has 0 radical (unpaired) electrons. The van der Waals surface area contributed by atoms with Crippen LogP contribution in [0.4, 0.5) is 4.79 Å². The summed E-state index contributed by atoms with van der Waals surface area (Å²) in [7, 11) is 0. The van der Waals surface area contributed by atoms with E-state index in [0.717, 1.165) is 19.0 Å². The van der Waals surface area contributed by atoms with Crippen LogP contribution in [0.3, 0.4) is 0 Å². The van der Waals surface area contributed by atoms with Crippen LogP contribution in [0.1, 0.15) is 53.4 Å².